The van der Waals surface area contributed by atoms with E-state index in [-0.39, 0.29) is 11.5 Å². The second-order valence-corrected chi connectivity index (χ2v) is 3.61. The van der Waals surface area contributed by atoms with Crippen molar-refractivity contribution in [3.8, 4) is 0 Å². The van der Waals surface area contributed by atoms with Gasteiger partial charge in [-0.2, -0.15) is 0 Å². The van der Waals surface area contributed by atoms with Crippen molar-refractivity contribution in [1.82, 2.24) is 4.98 Å². The number of aromatic amines is 1. The lowest BCUT2D eigenvalue weighted by Crippen LogP contribution is -2.05. The third-order valence-electron chi connectivity index (χ3n) is 2.39. The van der Waals surface area contributed by atoms with Crippen LogP contribution in [0.5, 0.6) is 0 Å². The standard InChI is InChI=1S/C12H14FN3/c13-11-8-10(3-4-12(11)14)16-7-5-9-2-1-6-15-9/h1-4,6,8,15-16H,5,7,14H2. The average Bonchev–Trinajstić information content (AvgIpc) is 2.76. The summed E-state index contributed by atoms with van der Waals surface area (Å²) in [5.41, 5.74) is 7.47. The molecule has 0 amide bonds. The summed E-state index contributed by atoms with van der Waals surface area (Å²) in [6.45, 7) is 0.754. The van der Waals surface area contributed by atoms with Gasteiger partial charge >= 0.3 is 0 Å². The second-order valence-electron chi connectivity index (χ2n) is 3.61. The summed E-state index contributed by atoms with van der Waals surface area (Å²) in [7, 11) is 0. The molecule has 16 heavy (non-hydrogen) atoms. The zero-order valence-corrected chi connectivity index (χ0v) is 8.83. The molecule has 0 fully saturated rings. The van der Waals surface area contributed by atoms with Crippen molar-refractivity contribution >= 4 is 11.4 Å². The van der Waals surface area contributed by atoms with Crippen LogP contribution in [0.25, 0.3) is 0 Å². The van der Waals surface area contributed by atoms with Gasteiger partial charge in [0.2, 0.25) is 0 Å². The quantitative estimate of drug-likeness (QED) is 0.691. The van der Waals surface area contributed by atoms with Gasteiger partial charge in [-0.15, -0.1) is 0 Å². The van der Waals surface area contributed by atoms with E-state index in [0.717, 1.165) is 24.3 Å². The number of nitrogen functional groups attached to an aromatic ring is 1. The molecular weight excluding hydrogens is 205 g/mol. The first kappa shape index (κ1) is 10.5. The Hall–Kier alpha value is -1.97. The van der Waals surface area contributed by atoms with Crippen LogP contribution in [0, 0.1) is 5.82 Å². The molecule has 2 aromatic rings. The molecule has 1 heterocycles. The first-order chi connectivity index (χ1) is 7.75. The van der Waals surface area contributed by atoms with Gasteiger partial charge in [-0.25, -0.2) is 4.39 Å². The highest BCUT2D eigenvalue weighted by atomic mass is 19.1. The number of benzene rings is 1. The maximum Gasteiger partial charge on any atom is 0.148 e. The second kappa shape index (κ2) is 4.70. The molecule has 1 aromatic heterocycles. The lowest BCUT2D eigenvalue weighted by molar-refractivity contribution is 0.633. The molecule has 0 atom stereocenters. The van der Waals surface area contributed by atoms with Gasteiger partial charge in [0, 0.05) is 30.5 Å². The Kier molecular flexibility index (Phi) is 3.10. The molecule has 0 saturated heterocycles. The Morgan fingerprint density at radius 3 is 2.88 bits per heavy atom. The largest absolute Gasteiger partial charge is 0.396 e. The molecule has 1 aromatic carbocycles. The molecule has 0 aliphatic heterocycles. The molecule has 4 heteroatoms. The van der Waals surface area contributed by atoms with Crippen LogP contribution in [-0.4, -0.2) is 11.5 Å². The van der Waals surface area contributed by atoms with Crippen LogP contribution in [0.15, 0.2) is 36.5 Å². The van der Waals surface area contributed by atoms with Gasteiger partial charge in [-0.3, -0.25) is 0 Å². The summed E-state index contributed by atoms with van der Waals surface area (Å²) in [5, 5.41) is 3.14. The average molecular weight is 219 g/mol. The maximum atomic E-state index is 13.1. The van der Waals surface area contributed by atoms with Crippen LogP contribution >= 0.6 is 0 Å². The fourth-order valence-corrected chi connectivity index (χ4v) is 1.50. The minimum absolute atomic E-state index is 0.176. The molecule has 0 aliphatic rings. The van der Waals surface area contributed by atoms with Gasteiger partial charge < -0.3 is 16.0 Å². The van der Waals surface area contributed by atoms with E-state index in [9.17, 15) is 4.39 Å². The number of hydrogen-bond donors (Lipinski definition) is 3. The van der Waals surface area contributed by atoms with E-state index < -0.39 is 0 Å². The lowest BCUT2D eigenvalue weighted by Gasteiger charge is -2.06. The fourth-order valence-electron chi connectivity index (χ4n) is 1.50. The summed E-state index contributed by atoms with van der Waals surface area (Å²) in [6, 6.07) is 8.72. The van der Waals surface area contributed by atoms with Gasteiger partial charge in [0.15, 0.2) is 0 Å². The predicted octanol–water partition coefficient (Wildman–Crippen LogP) is 2.39. The number of nitrogens with two attached hydrogens (primary N) is 1. The summed E-state index contributed by atoms with van der Waals surface area (Å²) < 4.78 is 13.1. The van der Waals surface area contributed by atoms with Crippen molar-refractivity contribution in [3.05, 3.63) is 48.0 Å². The summed E-state index contributed by atoms with van der Waals surface area (Å²) >= 11 is 0. The topological polar surface area (TPSA) is 53.8 Å². The number of nitrogens with one attached hydrogen (secondary N) is 2. The van der Waals surface area contributed by atoms with Gasteiger partial charge in [0.25, 0.3) is 0 Å². The monoisotopic (exact) mass is 219 g/mol. The van der Waals surface area contributed by atoms with E-state index >= 15 is 0 Å². The lowest BCUT2D eigenvalue weighted by atomic mass is 10.2. The van der Waals surface area contributed by atoms with Crippen LogP contribution in [0.1, 0.15) is 5.69 Å². The molecule has 0 unspecified atom stereocenters. The zero-order chi connectivity index (χ0) is 11.4. The van der Waals surface area contributed by atoms with E-state index in [0.29, 0.717) is 0 Å². The van der Waals surface area contributed by atoms with Crippen molar-refractivity contribution in [1.29, 1.82) is 0 Å². The van der Waals surface area contributed by atoms with E-state index in [1.807, 2.05) is 18.3 Å². The number of halogens is 1. The van der Waals surface area contributed by atoms with Gasteiger partial charge in [-0.05, 0) is 30.3 Å². The Bertz CT molecular complexity index is 451. The van der Waals surface area contributed by atoms with Gasteiger partial charge in [0.05, 0.1) is 5.69 Å². The molecule has 4 N–H and O–H groups in total. The van der Waals surface area contributed by atoms with E-state index in [1.54, 1.807) is 12.1 Å². The van der Waals surface area contributed by atoms with Crippen LogP contribution in [-0.2, 0) is 6.42 Å². The maximum absolute atomic E-state index is 13.1. The minimum atomic E-state index is -0.384. The number of rotatable bonds is 4. The highest BCUT2D eigenvalue weighted by molar-refractivity contribution is 5.52. The molecule has 0 spiro atoms. The van der Waals surface area contributed by atoms with Crippen LogP contribution in [0.3, 0.4) is 0 Å². The van der Waals surface area contributed by atoms with E-state index in [1.165, 1.54) is 6.07 Å². The van der Waals surface area contributed by atoms with Crippen LogP contribution in [0.4, 0.5) is 15.8 Å². The van der Waals surface area contributed by atoms with Crippen molar-refractivity contribution < 1.29 is 4.39 Å². The Balaban J connectivity index is 1.87. The van der Waals surface area contributed by atoms with Crippen molar-refractivity contribution in [2.24, 2.45) is 0 Å². The number of anilines is 2. The highest BCUT2D eigenvalue weighted by Gasteiger charge is 1.99. The van der Waals surface area contributed by atoms with Crippen molar-refractivity contribution in [2.45, 2.75) is 6.42 Å². The summed E-state index contributed by atoms with van der Waals surface area (Å²) in [5.74, 6) is -0.384. The number of aromatic nitrogens is 1. The van der Waals surface area contributed by atoms with Crippen molar-refractivity contribution in [3.63, 3.8) is 0 Å². The van der Waals surface area contributed by atoms with Crippen LogP contribution in [0.2, 0.25) is 0 Å². The van der Waals surface area contributed by atoms with Gasteiger partial charge in [0.1, 0.15) is 5.82 Å². The molecule has 0 radical (unpaired) electrons. The van der Waals surface area contributed by atoms with Gasteiger partial charge in [-0.1, -0.05) is 0 Å². The highest BCUT2D eigenvalue weighted by Crippen LogP contribution is 2.15. The van der Waals surface area contributed by atoms with E-state index in [2.05, 4.69) is 10.3 Å². The smallest absolute Gasteiger partial charge is 0.148 e. The third-order valence-corrected chi connectivity index (χ3v) is 2.39. The first-order valence-corrected chi connectivity index (χ1v) is 5.17. The summed E-state index contributed by atoms with van der Waals surface area (Å²) in [6.07, 6.45) is 2.76. The zero-order valence-electron chi connectivity index (χ0n) is 8.83. The van der Waals surface area contributed by atoms with E-state index in [4.69, 9.17) is 5.73 Å². The fraction of sp³-hybridized carbons (Fsp3) is 0.167. The molecule has 0 aliphatic carbocycles. The van der Waals surface area contributed by atoms with Crippen LogP contribution < -0.4 is 11.1 Å². The summed E-state index contributed by atoms with van der Waals surface area (Å²) in [4.78, 5) is 3.11. The first-order valence-electron chi connectivity index (χ1n) is 5.17. The Labute approximate surface area is 93.5 Å². The Morgan fingerprint density at radius 1 is 1.31 bits per heavy atom. The normalized spacial score (nSPS) is 10.3. The number of hydrogen-bond acceptors (Lipinski definition) is 2. The molecule has 0 saturated carbocycles. The minimum Gasteiger partial charge on any atom is -0.396 e. The number of H-pyrrole nitrogens is 1. The SMILES string of the molecule is Nc1ccc(NCCc2ccc[nH]2)cc1F. The molecular formula is C12H14FN3. The molecule has 0 bridgehead atoms. The van der Waals surface area contributed by atoms with Crippen molar-refractivity contribution in [2.75, 3.05) is 17.6 Å². The molecule has 3 nitrogen and oxygen atoms in total. The third kappa shape index (κ3) is 2.53. The predicted molar refractivity (Wildman–Crippen MR) is 63.8 cm³/mol. The molecule has 84 valence electrons. The Morgan fingerprint density at radius 2 is 2.19 bits per heavy atom. The molecule has 2 rings (SSSR count).